The van der Waals surface area contributed by atoms with E-state index in [-0.39, 0.29) is 25.2 Å². The van der Waals surface area contributed by atoms with Crippen LogP contribution in [0.5, 0.6) is 17.2 Å². The Morgan fingerprint density at radius 2 is 1.78 bits per heavy atom. The van der Waals surface area contributed by atoms with Crippen LogP contribution in [0.25, 0.3) is 11.3 Å². The van der Waals surface area contributed by atoms with Gasteiger partial charge in [-0.15, -0.1) is 0 Å². The Balaban J connectivity index is 1.12. The number of furan rings is 1. The van der Waals surface area contributed by atoms with Crippen molar-refractivity contribution >= 4 is 17.5 Å². The molecule has 3 heterocycles. The molecule has 0 unspecified atom stereocenters. The monoisotopic (exact) mass is 496 g/mol. The predicted octanol–water partition coefficient (Wildman–Crippen LogP) is 4.89. The van der Waals surface area contributed by atoms with E-state index < -0.39 is 0 Å². The fraction of sp³-hybridized carbons (Fsp3) is 0.172. The lowest BCUT2D eigenvalue weighted by atomic mass is 10.1. The average molecular weight is 497 g/mol. The number of anilines is 1. The highest BCUT2D eigenvalue weighted by Gasteiger charge is 2.26. The number of rotatable bonds is 6. The Labute approximate surface area is 213 Å². The van der Waals surface area contributed by atoms with Gasteiger partial charge in [0.05, 0.1) is 0 Å². The molecule has 8 heteroatoms. The summed E-state index contributed by atoms with van der Waals surface area (Å²) in [5.74, 6) is 3.13. The first-order chi connectivity index (χ1) is 18.1. The molecule has 0 atom stereocenters. The molecule has 186 valence electrons. The molecule has 2 aliphatic heterocycles. The van der Waals surface area contributed by atoms with E-state index in [0.29, 0.717) is 53.8 Å². The van der Waals surface area contributed by atoms with E-state index in [0.717, 1.165) is 16.9 Å². The molecular formula is C29H24N2O6. The third kappa shape index (κ3) is 4.86. The first-order valence-corrected chi connectivity index (χ1v) is 12.0. The van der Waals surface area contributed by atoms with Gasteiger partial charge in [-0.2, -0.15) is 0 Å². The van der Waals surface area contributed by atoms with Crippen LogP contribution in [0.15, 0.2) is 83.3 Å². The van der Waals surface area contributed by atoms with Crippen LogP contribution >= 0.6 is 0 Å². The second-order valence-electron chi connectivity index (χ2n) is 8.83. The number of hydrogen-bond donors (Lipinski definition) is 1. The molecule has 0 aliphatic carbocycles. The van der Waals surface area contributed by atoms with Gasteiger partial charge in [0.15, 0.2) is 18.1 Å². The molecule has 8 nitrogen and oxygen atoms in total. The number of para-hydroxylation sites is 1. The van der Waals surface area contributed by atoms with Gasteiger partial charge in [0.2, 0.25) is 6.79 Å². The maximum atomic E-state index is 13.1. The molecule has 0 fully saturated rings. The number of nitrogens with zero attached hydrogens (tertiary/aromatic N) is 1. The second-order valence-corrected chi connectivity index (χ2v) is 8.83. The van der Waals surface area contributed by atoms with E-state index >= 15 is 0 Å². The molecule has 0 spiro atoms. The molecule has 0 bridgehead atoms. The largest absolute Gasteiger partial charge is 0.484 e. The number of hydrogen-bond acceptors (Lipinski definition) is 6. The Morgan fingerprint density at radius 1 is 0.919 bits per heavy atom. The third-order valence-corrected chi connectivity index (χ3v) is 6.32. The molecule has 6 rings (SSSR count). The summed E-state index contributed by atoms with van der Waals surface area (Å²) >= 11 is 0. The number of benzene rings is 3. The van der Waals surface area contributed by atoms with E-state index in [2.05, 4.69) is 5.32 Å². The lowest BCUT2D eigenvalue weighted by Crippen LogP contribution is -2.35. The molecule has 2 amide bonds. The van der Waals surface area contributed by atoms with E-state index in [1.54, 1.807) is 30.3 Å². The molecule has 1 aromatic heterocycles. The molecule has 3 aromatic carbocycles. The van der Waals surface area contributed by atoms with Gasteiger partial charge in [-0.05, 0) is 48.5 Å². The first kappa shape index (κ1) is 22.7. The summed E-state index contributed by atoms with van der Waals surface area (Å²) < 4.78 is 22.4. The third-order valence-electron chi connectivity index (χ3n) is 6.32. The minimum Gasteiger partial charge on any atom is -0.484 e. The van der Waals surface area contributed by atoms with Crippen LogP contribution in [0.2, 0.25) is 0 Å². The van der Waals surface area contributed by atoms with Crippen molar-refractivity contribution in [3.05, 3.63) is 95.7 Å². The predicted molar refractivity (Wildman–Crippen MR) is 136 cm³/mol. The van der Waals surface area contributed by atoms with Gasteiger partial charge >= 0.3 is 0 Å². The number of fused-ring (bicyclic) bond motifs is 2. The van der Waals surface area contributed by atoms with Crippen LogP contribution in [0.4, 0.5) is 5.69 Å². The summed E-state index contributed by atoms with van der Waals surface area (Å²) in [6.45, 7) is 1.10. The van der Waals surface area contributed by atoms with Crippen molar-refractivity contribution in [2.75, 3.05) is 25.3 Å². The molecule has 4 aromatic rings. The highest BCUT2D eigenvalue weighted by Crippen LogP contribution is 2.34. The van der Waals surface area contributed by atoms with Crippen molar-refractivity contribution in [2.24, 2.45) is 0 Å². The van der Waals surface area contributed by atoms with Gasteiger partial charge < -0.3 is 28.8 Å². The SMILES string of the molecule is O=C(COc1ccccc1)Nc1cccc(-c2cc3c(o2)CCN(C(=O)c2ccc4c(c2)OCO4)C3)c1. The summed E-state index contributed by atoms with van der Waals surface area (Å²) in [7, 11) is 0. The number of ether oxygens (including phenoxy) is 3. The van der Waals surface area contributed by atoms with E-state index in [9.17, 15) is 9.59 Å². The van der Waals surface area contributed by atoms with Crippen LogP contribution in [0, 0.1) is 0 Å². The number of amides is 2. The van der Waals surface area contributed by atoms with E-state index in [4.69, 9.17) is 18.6 Å². The zero-order chi connectivity index (χ0) is 25.2. The maximum Gasteiger partial charge on any atom is 0.262 e. The van der Waals surface area contributed by atoms with Crippen molar-refractivity contribution in [1.29, 1.82) is 0 Å². The van der Waals surface area contributed by atoms with Gasteiger partial charge in [0.1, 0.15) is 17.3 Å². The van der Waals surface area contributed by atoms with Crippen LogP contribution in [-0.2, 0) is 17.8 Å². The Kier molecular flexibility index (Phi) is 5.98. The summed E-state index contributed by atoms with van der Waals surface area (Å²) in [6, 6.07) is 23.9. The van der Waals surface area contributed by atoms with E-state index in [1.807, 2.05) is 53.4 Å². The van der Waals surface area contributed by atoms with Crippen LogP contribution in [0.1, 0.15) is 21.7 Å². The molecule has 37 heavy (non-hydrogen) atoms. The van der Waals surface area contributed by atoms with Crippen molar-refractivity contribution in [3.8, 4) is 28.6 Å². The van der Waals surface area contributed by atoms with Gasteiger partial charge in [-0.1, -0.05) is 30.3 Å². The molecule has 0 saturated heterocycles. The second kappa shape index (κ2) is 9.73. The van der Waals surface area contributed by atoms with Gasteiger partial charge in [-0.3, -0.25) is 9.59 Å². The lowest BCUT2D eigenvalue weighted by molar-refractivity contribution is -0.118. The van der Waals surface area contributed by atoms with Crippen molar-refractivity contribution in [2.45, 2.75) is 13.0 Å². The number of carbonyl (C=O) groups is 2. The quantitative estimate of drug-likeness (QED) is 0.409. The number of carbonyl (C=O) groups excluding carboxylic acids is 2. The molecule has 0 radical (unpaired) electrons. The summed E-state index contributed by atoms with van der Waals surface area (Å²) in [5.41, 5.74) is 3.02. The van der Waals surface area contributed by atoms with Crippen LogP contribution < -0.4 is 19.5 Å². The number of nitrogens with one attached hydrogen (secondary N) is 1. The fourth-order valence-corrected chi connectivity index (χ4v) is 4.47. The summed E-state index contributed by atoms with van der Waals surface area (Å²) in [4.78, 5) is 27.3. The maximum absolute atomic E-state index is 13.1. The van der Waals surface area contributed by atoms with Crippen molar-refractivity contribution in [3.63, 3.8) is 0 Å². The van der Waals surface area contributed by atoms with E-state index in [1.165, 1.54) is 0 Å². The zero-order valence-corrected chi connectivity index (χ0v) is 19.9. The minimum absolute atomic E-state index is 0.0610. The minimum atomic E-state index is -0.252. The van der Waals surface area contributed by atoms with Gasteiger partial charge in [0, 0.05) is 41.9 Å². The Morgan fingerprint density at radius 3 is 2.68 bits per heavy atom. The Bertz CT molecular complexity index is 1460. The average Bonchev–Trinajstić information content (AvgIpc) is 3.58. The van der Waals surface area contributed by atoms with Crippen molar-refractivity contribution < 1.29 is 28.2 Å². The highest BCUT2D eigenvalue weighted by molar-refractivity contribution is 5.95. The molecule has 2 aliphatic rings. The first-order valence-electron chi connectivity index (χ1n) is 12.0. The summed E-state index contributed by atoms with van der Waals surface area (Å²) in [5, 5.41) is 2.86. The Hall–Kier alpha value is -4.72. The molecule has 1 N–H and O–H groups in total. The summed E-state index contributed by atoms with van der Waals surface area (Å²) in [6.07, 6.45) is 0.624. The van der Waals surface area contributed by atoms with Crippen LogP contribution in [-0.4, -0.2) is 36.7 Å². The van der Waals surface area contributed by atoms with Crippen molar-refractivity contribution in [1.82, 2.24) is 4.90 Å². The fourth-order valence-electron chi connectivity index (χ4n) is 4.47. The van der Waals surface area contributed by atoms with Crippen LogP contribution in [0.3, 0.4) is 0 Å². The zero-order valence-electron chi connectivity index (χ0n) is 19.9. The normalized spacial score (nSPS) is 13.7. The van der Waals surface area contributed by atoms with Gasteiger partial charge in [0.25, 0.3) is 11.8 Å². The van der Waals surface area contributed by atoms with Gasteiger partial charge in [-0.25, -0.2) is 0 Å². The lowest BCUT2D eigenvalue weighted by Gasteiger charge is -2.26. The standard InChI is InChI=1S/C29H24N2O6/c32-28(17-34-23-7-2-1-3-8-23)30-22-6-4-5-19(13-22)26-15-21-16-31(12-11-24(21)37-26)29(33)20-9-10-25-27(14-20)36-18-35-25/h1-10,13-15H,11-12,16-18H2,(H,30,32). The highest BCUT2D eigenvalue weighted by atomic mass is 16.7. The molecular weight excluding hydrogens is 472 g/mol. The smallest absolute Gasteiger partial charge is 0.262 e. The topological polar surface area (TPSA) is 90.2 Å². The molecule has 0 saturated carbocycles.